The van der Waals surface area contributed by atoms with Crippen molar-refractivity contribution in [1.29, 1.82) is 0 Å². The first-order valence-electron chi connectivity index (χ1n) is 5.67. The van der Waals surface area contributed by atoms with Crippen LogP contribution in [0.1, 0.15) is 26.7 Å². The van der Waals surface area contributed by atoms with Gasteiger partial charge in [-0.2, -0.15) is 0 Å². The number of nitrogens with one attached hydrogen (secondary N) is 1. The van der Waals surface area contributed by atoms with Gasteiger partial charge in [0.25, 0.3) is 0 Å². The molecular formula is C11H18N2O2. The topological polar surface area (TPSA) is 49.4 Å². The molecule has 1 aliphatic carbocycles. The average Bonchev–Trinajstić information content (AvgIpc) is 2.91. The smallest absolute Gasteiger partial charge is 0.225 e. The van der Waals surface area contributed by atoms with E-state index in [0.717, 1.165) is 12.8 Å². The average molecular weight is 210 g/mol. The molecule has 15 heavy (non-hydrogen) atoms. The van der Waals surface area contributed by atoms with E-state index in [1.54, 1.807) is 0 Å². The molecule has 0 aromatic carbocycles. The summed E-state index contributed by atoms with van der Waals surface area (Å²) in [6.45, 7) is 5.16. The van der Waals surface area contributed by atoms with Crippen molar-refractivity contribution in [3.63, 3.8) is 0 Å². The van der Waals surface area contributed by atoms with Crippen molar-refractivity contribution in [3.05, 3.63) is 0 Å². The number of nitrogens with zero attached hydrogens (tertiary/aromatic N) is 1. The van der Waals surface area contributed by atoms with Crippen LogP contribution in [0, 0.1) is 11.8 Å². The van der Waals surface area contributed by atoms with Crippen molar-refractivity contribution in [2.75, 3.05) is 13.1 Å². The Labute approximate surface area is 90.0 Å². The van der Waals surface area contributed by atoms with Gasteiger partial charge in [0.1, 0.15) is 0 Å². The second kappa shape index (κ2) is 3.83. The fourth-order valence-electron chi connectivity index (χ4n) is 1.71. The van der Waals surface area contributed by atoms with E-state index in [1.807, 2.05) is 18.7 Å². The summed E-state index contributed by atoms with van der Waals surface area (Å²) in [5.41, 5.74) is 0. The van der Waals surface area contributed by atoms with Crippen LogP contribution >= 0.6 is 0 Å². The molecule has 1 heterocycles. The molecule has 0 aromatic heterocycles. The van der Waals surface area contributed by atoms with Crippen LogP contribution in [0.5, 0.6) is 0 Å². The molecule has 0 atom stereocenters. The van der Waals surface area contributed by atoms with E-state index >= 15 is 0 Å². The second-order valence-electron chi connectivity index (χ2n) is 4.88. The van der Waals surface area contributed by atoms with Gasteiger partial charge in [0, 0.05) is 24.9 Å². The second-order valence-corrected chi connectivity index (χ2v) is 4.88. The zero-order chi connectivity index (χ0) is 11.0. The molecule has 2 amide bonds. The van der Waals surface area contributed by atoms with Gasteiger partial charge in [-0.05, 0) is 12.8 Å². The summed E-state index contributed by atoms with van der Waals surface area (Å²) in [6.07, 6.45) is 2.11. The monoisotopic (exact) mass is 210 g/mol. The molecule has 1 saturated heterocycles. The van der Waals surface area contributed by atoms with Crippen LogP contribution in [0.15, 0.2) is 0 Å². The van der Waals surface area contributed by atoms with Crippen molar-refractivity contribution in [2.45, 2.75) is 32.7 Å². The largest absolute Gasteiger partial charge is 0.350 e. The van der Waals surface area contributed by atoms with Gasteiger partial charge in [-0.15, -0.1) is 0 Å². The van der Waals surface area contributed by atoms with E-state index in [2.05, 4.69) is 5.32 Å². The zero-order valence-electron chi connectivity index (χ0n) is 9.32. The van der Waals surface area contributed by atoms with Crippen molar-refractivity contribution in [3.8, 4) is 0 Å². The lowest BCUT2D eigenvalue weighted by Gasteiger charge is -2.40. The first-order chi connectivity index (χ1) is 7.08. The van der Waals surface area contributed by atoms with Gasteiger partial charge in [-0.1, -0.05) is 13.8 Å². The van der Waals surface area contributed by atoms with Crippen molar-refractivity contribution < 1.29 is 9.59 Å². The number of rotatable bonds is 3. The maximum atomic E-state index is 11.6. The molecule has 2 fully saturated rings. The highest BCUT2D eigenvalue weighted by Gasteiger charge is 2.39. The lowest BCUT2D eigenvalue weighted by Crippen LogP contribution is -2.61. The van der Waals surface area contributed by atoms with E-state index in [0.29, 0.717) is 19.0 Å². The van der Waals surface area contributed by atoms with Gasteiger partial charge < -0.3 is 10.2 Å². The van der Waals surface area contributed by atoms with Gasteiger partial charge in [-0.25, -0.2) is 0 Å². The third-order valence-electron chi connectivity index (χ3n) is 2.99. The van der Waals surface area contributed by atoms with Crippen LogP contribution in [0.4, 0.5) is 0 Å². The van der Waals surface area contributed by atoms with Crippen molar-refractivity contribution in [2.24, 2.45) is 11.8 Å². The number of carbonyl (C=O) groups is 2. The Bertz CT molecular complexity index is 278. The van der Waals surface area contributed by atoms with Gasteiger partial charge in [0.2, 0.25) is 11.8 Å². The molecule has 2 aliphatic rings. The molecule has 1 aliphatic heterocycles. The highest BCUT2D eigenvalue weighted by molar-refractivity contribution is 5.83. The fraction of sp³-hybridized carbons (Fsp3) is 0.818. The number of amides is 2. The highest BCUT2D eigenvalue weighted by atomic mass is 16.2. The molecule has 1 N–H and O–H groups in total. The van der Waals surface area contributed by atoms with E-state index in [9.17, 15) is 9.59 Å². The minimum Gasteiger partial charge on any atom is -0.350 e. The van der Waals surface area contributed by atoms with Crippen LogP contribution in [0.3, 0.4) is 0 Å². The molecular weight excluding hydrogens is 192 g/mol. The maximum absolute atomic E-state index is 11.6. The molecule has 0 aromatic rings. The Morgan fingerprint density at radius 2 is 1.87 bits per heavy atom. The Hall–Kier alpha value is -1.06. The van der Waals surface area contributed by atoms with Crippen molar-refractivity contribution in [1.82, 2.24) is 10.2 Å². The predicted molar refractivity (Wildman–Crippen MR) is 56.1 cm³/mol. The first-order valence-corrected chi connectivity index (χ1v) is 5.67. The highest BCUT2D eigenvalue weighted by Crippen LogP contribution is 2.32. The number of carbonyl (C=O) groups excluding carboxylic acids is 2. The lowest BCUT2D eigenvalue weighted by atomic mass is 10.1. The predicted octanol–water partition coefficient (Wildman–Crippen LogP) is 0.379. The molecule has 84 valence electrons. The third kappa shape index (κ3) is 2.30. The standard InChI is InChI=1S/C11H18N2O2/c1-7(2)10(14)12-9-5-13(6-9)11(15)8-3-4-8/h7-9H,3-6H2,1-2H3,(H,12,14). The molecule has 2 rings (SSSR count). The first kappa shape index (κ1) is 10.5. The SMILES string of the molecule is CC(C)C(=O)NC1CN(C(=O)C2CC2)C1. The van der Waals surface area contributed by atoms with Crippen LogP contribution in [0.25, 0.3) is 0 Å². The number of likely N-dealkylation sites (tertiary alicyclic amines) is 1. The Balaban J connectivity index is 1.69. The summed E-state index contributed by atoms with van der Waals surface area (Å²) in [7, 11) is 0. The summed E-state index contributed by atoms with van der Waals surface area (Å²) in [4.78, 5) is 24.8. The van der Waals surface area contributed by atoms with Crippen LogP contribution in [0.2, 0.25) is 0 Å². The minimum atomic E-state index is 0.0261. The molecule has 4 heteroatoms. The van der Waals surface area contributed by atoms with Crippen LogP contribution in [-0.4, -0.2) is 35.8 Å². The van der Waals surface area contributed by atoms with Gasteiger partial charge in [0.15, 0.2) is 0 Å². The minimum absolute atomic E-state index is 0.0261. The third-order valence-corrected chi connectivity index (χ3v) is 2.99. The summed E-state index contributed by atoms with van der Waals surface area (Å²) in [6, 6.07) is 0.183. The summed E-state index contributed by atoms with van der Waals surface area (Å²) in [5.74, 6) is 0.688. The number of hydrogen-bond donors (Lipinski definition) is 1. The summed E-state index contributed by atoms with van der Waals surface area (Å²) in [5, 5.41) is 2.93. The molecule has 4 nitrogen and oxygen atoms in total. The molecule has 0 bridgehead atoms. The van der Waals surface area contributed by atoms with Crippen LogP contribution < -0.4 is 5.32 Å². The van der Waals surface area contributed by atoms with Gasteiger partial charge in [0.05, 0.1) is 6.04 Å². The van der Waals surface area contributed by atoms with Gasteiger partial charge in [-0.3, -0.25) is 9.59 Å². The normalized spacial score (nSPS) is 21.4. The molecule has 1 saturated carbocycles. The summed E-state index contributed by atoms with van der Waals surface area (Å²) < 4.78 is 0. The van der Waals surface area contributed by atoms with Crippen molar-refractivity contribution >= 4 is 11.8 Å². The summed E-state index contributed by atoms with van der Waals surface area (Å²) >= 11 is 0. The Morgan fingerprint density at radius 1 is 1.27 bits per heavy atom. The van der Waals surface area contributed by atoms with E-state index in [4.69, 9.17) is 0 Å². The van der Waals surface area contributed by atoms with E-state index in [1.165, 1.54) is 0 Å². The lowest BCUT2D eigenvalue weighted by molar-refractivity contribution is -0.139. The molecule has 0 spiro atoms. The zero-order valence-corrected chi connectivity index (χ0v) is 9.32. The molecule has 0 unspecified atom stereocenters. The Kier molecular flexibility index (Phi) is 2.67. The number of hydrogen-bond acceptors (Lipinski definition) is 2. The molecule has 0 radical (unpaired) electrons. The van der Waals surface area contributed by atoms with E-state index in [-0.39, 0.29) is 23.8 Å². The van der Waals surface area contributed by atoms with E-state index < -0.39 is 0 Å². The van der Waals surface area contributed by atoms with Crippen LogP contribution in [-0.2, 0) is 9.59 Å². The Morgan fingerprint density at radius 3 is 2.33 bits per heavy atom. The maximum Gasteiger partial charge on any atom is 0.225 e. The fourth-order valence-corrected chi connectivity index (χ4v) is 1.71. The quantitative estimate of drug-likeness (QED) is 0.732. The van der Waals surface area contributed by atoms with Gasteiger partial charge >= 0.3 is 0 Å².